The van der Waals surface area contributed by atoms with Crippen LogP contribution >= 0.6 is 7.60 Å². The van der Waals surface area contributed by atoms with E-state index in [9.17, 15) is 4.57 Å². The monoisotopic (exact) mass is 221 g/mol. The maximum atomic E-state index is 11.1. The van der Waals surface area contributed by atoms with E-state index < -0.39 is 19.3 Å². The number of rotatable bonds is 1. The van der Waals surface area contributed by atoms with Gasteiger partial charge in [-0.3, -0.25) is 4.57 Å². The number of hydrogen-bond acceptors (Lipinski definition) is 4. The van der Waals surface area contributed by atoms with Crippen LogP contribution in [0.25, 0.3) is 0 Å². The first kappa shape index (κ1) is 11.8. The molecule has 0 aliphatic heterocycles. The van der Waals surface area contributed by atoms with Crippen LogP contribution in [0.4, 0.5) is 0 Å². The normalized spacial score (nSPS) is 28.1. The van der Waals surface area contributed by atoms with E-state index in [4.69, 9.17) is 27.0 Å². The van der Waals surface area contributed by atoms with Gasteiger partial charge >= 0.3 is 7.60 Å². The van der Waals surface area contributed by atoms with Crippen LogP contribution in [-0.4, -0.2) is 21.5 Å². The van der Waals surface area contributed by atoms with E-state index in [0.29, 0.717) is 12.8 Å². The van der Waals surface area contributed by atoms with E-state index in [2.05, 4.69) is 0 Å². The van der Waals surface area contributed by atoms with Crippen molar-refractivity contribution in [2.24, 2.45) is 17.2 Å². The second kappa shape index (κ2) is 3.73. The van der Waals surface area contributed by atoms with E-state index in [1.54, 1.807) is 0 Å². The van der Waals surface area contributed by atoms with Crippen molar-refractivity contribution in [2.75, 3.05) is 0 Å². The van der Waals surface area contributed by atoms with E-state index in [-0.39, 0.29) is 5.31 Å². The minimum atomic E-state index is -4.40. The molecule has 0 saturated carbocycles. The van der Waals surface area contributed by atoms with Gasteiger partial charge in [-0.2, -0.15) is 0 Å². The Morgan fingerprint density at radius 3 is 2.57 bits per heavy atom. The Balaban J connectivity index is 3.12. The number of hydrogen-bond donors (Lipinski definition) is 5. The summed E-state index contributed by atoms with van der Waals surface area (Å²) >= 11 is 0. The average Bonchev–Trinajstić information content (AvgIpc) is 2.11. The number of nitrogens with two attached hydrogens (primary N) is 3. The van der Waals surface area contributed by atoms with Crippen molar-refractivity contribution in [3.63, 3.8) is 0 Å². The molecule has 0 aromatic heterocycles. The maximum absolute atomic E-state index is 11.1. The first-order valence-electron chi connectivity index (χ1n) is 4.36. The highest BCUT2D eigenvalue weighted by Gasteiger charge is 2.41. The molecule has 0 radical (unpaired) electrons. The lowest BCUT2D eigenvalue weighted by Gasteiger charge is -2.32. The van der Waals surface area contributed by atoms with Crippen LogP contribution in [-0.2, 0) is 4.57 Å². The lowest BCUT2D eigenvalue weighted by Crippen LogP contribution is -2.63. The van der Waals surface area contributed by atoms with Crippen LogP contribution in [0.3, 0.4) is 0 Å². The highest BCUT2D eigenvalue weighted by atomic mass is 31.2. The SMILES string of the molecule is NC1CCCC=C(P(=O)(O)O)C1(N)N. The molecule has 0 saturated heterocycles. The summed E-state index contributed by atoms with van der Waals surface area (Å²) in [6, 6.07) is -0.621. The van der Waals surface area contributed by atoms with Crippen LogP contribution in [0.2, 0.25) is 0 Å². The third kappa shape index (κ3) is 2.23. The number of allylic oxidation sites excluding steroid dienone is 1. The molecule has 1 atom stereocenters. The standard InChI is InChI=1S/C7H16N3O3P/c8-5-3-1-2-4-6(7(5,9)10)14(11,12)13/h4-5H,1-3,8-10H2,(H2,11,12,13). The van der Waals surface area contributed by atoms with Gasteiger partial charge in [0.25, 0.3) is 0 Å². The van der Waals surface area contributed by atoms with Gasteiger partial charge in [0, 0.05) is 6.04 Å². The molecular weight excluding hydrogens is 205 g/mol. The van der Waals surface area contributed by atoms with Gasteiger partial charge in [0.05, 0.1) is 5.31 Å². The van der Waals surface area contributed by atoms with E-state index in [0.717, 1.165) is 6.42 Å². The van der Waals surface area contributed by atoms with Gasteiger partial charge in [-0.1, -0.05) is 6.08 Å². The van der Waals surface area contributed by atoms with Crippen LogP contribution in [0, 0.1) is 0 Å². The molecule has 8 N–H and O–H groups in total. The molecule has 7 heteroatoms. The second-order valence-electron chi connectivity index (χ2n) is 3.60. The van der Waals surface area contributed by atoms with Crippen molar-refractivity contribution < 1.29 is 14.4 Å². The smallest absolute Gasteiger partial charge is 0.325 e. The molecule has 1 unspecified atom stereocenters. The topological polar surface area (TPSA) is 136 Å². The first-order valence-corrected chi connectivity index (χ1v) is 5.97. The zero-order chi connectivity index (χ0) is 11.0. The third-order valence-corrected chi connectivity index (χ3v) is 3.63. The van der Waals surface area contributed by atoms with Gasteiger partial charge in [-0.15, -0.1) is 0 Å². The Bertz CT molecular complexity index is 297. The molecule has 0 heterocycles. The molecule has 14 heavy (non-hydrogen) atoms. The first-order chi connectivity index (χ1) is 6.26. The van der Waals surface area contributed by atoms with Crippen LogP contribution in [0.1, 0.15) is 19.3 Å². The van der Waals surface area contributed by atoms with Gasteiger partial charge < -0.3 is 27.0 Å². The lowest BCUT2D eigenvalue weighted by atomic mass is 10.0. The second-order valence-corrected chi connectivity index (χ2v) is 5.17. The van der Waals surface area contributed by atoms with Crippen LogP contribution < -0.4 is 17.2 Å². The van der Waals surface area contributed by atoms with Gasteiger partial charge in [0.15, 0.2) is 0 Å². The predicted molar refractivity (Wildman–Crippen MR) is 53.1 cm³/mol. The molecule has 1 aliphatic carbocycles. The van der Waals surface area contributed by atoms with Crippen LogP contribution in [0.15, 0.2) is 11.4 Å². The zero-order valence-corrected chi connectivity index (χ0v) is 8.65. The highest BCUT2D eigenvalue weighted by molar-refractivity contribution is 7.56. The fourth-order valence-corrected chi connectivity index (χ4v) is 2.59. The molecule has 0 amide bonds. The van der Waals surface area contributed by atoms with Crippen molar-refractivity contribution in [2.45, 2.75) is 31.0 Å². The summed E-state index contributed by atoms with van der Waals surface area (Å²) in [7, 11) is -4.40. The molecular formula is C7H16N3O3P. The van der Waals surface area contributed by atoms with Crippen molar-refractivity contribution >= 4 is 7.60 Å². The largest absolute Gasteiger partial charge is 0.355 e. The Labute approximate surface area is 82.3 Å². The molecule has 82 valence electrons. The Morgan fingerprint density at radius 1 is 1.50 bits per heavy atom. The molecule has 0 spiro atoms. The molecule has 0 aromatic rings. The van der Waals surface area contributed by atoms with Crippen molar-refractivity contribution in [3.05, 3.63) is 11.4 Å². The molecule has 1 aliphatic rings. The van der Waals surface area contributed by atoms with Crippen molar-refractivity contribution in [3.8, 4) is 0 Å². The summed E-state index contributed by atoms with van der Waals surface area (Å²) in [4.78, 5) is 18.1. The molecule has 0 bridgehead atoms. The molecule has 1 rings (SSSR count). The van der Waals surface area contributed by atoms with E-state index in [1.807, 2.05) is 0 Å². The minimum Gasteiger partial charge on any atom is -0.325 e. The van der Waals surface area contributed by atoms with Crippen LogP contribution in [0.5, 0.6) is 0 Å². The summed E-state index contributed by atoms with van der Waals surface area (Å²) in [5.41, 5.74) is 15.4. The maximum Gasteiger partial charge on any atom is 0.355 e. The van der Waals surface area contributed by atoms with Crippen molar-refractivity contribution in [1.82, 2.24) is 0 Å². The quantitative estimate of drug-likeness (QED) is 0.290. The fourth-order valence-electron chi connectivity index (χ4n) is 1.55. The fraction of sp³-hybridized carbons (Fsp3) is 0.714. The van der Waals surface area contributed by atoms with Gasteiger partial charge in [-0.05, 0) is 19.3 Å². The minimum absolute atomic E-state index is 0.241. The summed E-state index contributed by atoms with van der Waals surface area (Å²) < 4.78 is 11.1. The molecule has 0 aromatic carbocycles. The molecule has 0 fully saturated rings. The van der Waals surface area contributed by atoms with Gasteiger partial charge in [-0.25, -0.2) is 0 Å². The van der Waals surface area contributed by atoms with Gasteiger partial charge in [0.2, 0.25) is 0 Å². The lowest BCUT2D eigenvalue weighted by molar-refractivity contribution is 0.352. The average molecular weight is 221 g/mol. The van der Waals surface area contributed by atoms with E-state index in [1.165, 1.54) is 6.08 Å². The zero-order valence-electron chi connectivity index (χ0n) is 7.76. The van der Waals surface area contributed by atoms with E-state index >= 15 is 0 Å². The predicted octanol–water partition coefficient (Wildman–Crippen LogP) is -0.827. The summed E-state index contributed by atoms with van der Waals surface area (Å²) in [6.45, 7) is 0. The van der Waals surface area contributed by atoms with Gasteiger partial charge in [0.1, 0.15) is 5.66 Å². The van der Waals surface area contributed by atoms with Crippen molar-refractivity contribution in [1.29, 1.82) is 0 Å². The summed E-state index contributed by atoms with van der Waals surface area (Å²) in [5, 5.41) is -0.241. The molecule has 6 nitrogen and oxygen atoms in total. The Morgan fingerprint density at radius 2 is 2.07 bits per heavy atom. The Hall–Kier alpha value is -0.230. The third-order valence-electron chi connectivity index (χ3n) is 2.43. The summed E-state index contributed by atoms with van der Waals surface area (Å²) in [5.74, 6) is 0. The summed E-state index contributed by atoms with van der Waals surface area (Å²) in [6.07, 6.45) is 3.26. The Kier molecular flexibility index (Phi) is 3.16. The highest BCUT2D eigenvalue weighted by Crippen LogP contribution is 2.50.